The number of aromatic nitrogens is 1. The number of pyridine rings is 1. The van der Waals surface area contributed by atoms with Crippen LogP contribution in [-0.4, -0.2) is 47.4 Å². The number of piperazine rings is 1. The first kappa shape index (κ1) is 14.7. The molecule has 4 heteroatoms. The van der Waals surface area contributed by atoms with Crippen molar-refractivity contribution >= 4 is 5.91 Å². The predicted molar refractivity (Wildman–Crippen MR) is 86.7 cm³/mol. The van der Waals surface area contributed by atoms with Gasteiger partial charge >= 0.3 is 0 Å². The van der Waals surface area contributed by atoms with E-state index in [0.29, 0.717) is 12.2 Å². The lowest BCUT2D eigenvalue weighted by Gasteiger charge is -2.39. The van der Waals surface area contributed by atoms with Gasteiger partial charge in [0.1, 0.15) is 5.69 Å². The lowest BCUT2D eigenvalue weighted by Crippen LogP contribution is -2.49. The molecule has 1 aromatic heterocycles. The van der Waals surface area contributed by atoms with Gasteiger partial charge in [-0.2, -0.15) is 0 Å². The molecule has 1 fully saturated rings. The van der Waals surface area contributed by atoms with E-state index in [1.807, 2.05) is 42.2 Å². The highest BCUT2D eigenvalue weighted by Crippen LogP contribution is 2.24. The molecule has 1 aromatic carbocycles. The van der Waals surface area contributed by atoms with Crippen LogP contribution in [-0.2, 0) is 0 Å². The van der Waals surface area contributed by atoms with Crippen molar-refractivity contribution in [2.75, 3.05) is 26.7 Å². The number of aryl methyl sites for hydroxylation is 1. The highest BCUT2D eigenvalue weighted by Gasteiger charge is 2.29. The number of hydrogen-bond acceptors (Lipinski definition) is 3. The Morgan fingerprint density at radius 1 is 1.14 bits per heavy atom. The lowest BCUT2D eigenvalue weighted by molar-refractivity contribution is 0.0540. The Labute approximate surface area is 131 Å². The van der Waals surface area contributed by atoms with Gasteiger partial charge in [-0.3, -0.25) is 14.7 Å². The average molecular weight is 295 g/mol. The number of likely N-dealkylation sites (N-methyl/N-ethyl adjacent to an activating group) is 1. The standard InChI is InChI=1S/C18H21N3O/c1-14-7-6-10-19-17(14)18(22)21-12-11-20(2)16(13-21)15-8-4-3-5-9-15/h3-10,16H,11-13H2,1-2H3. The second kappa shape index (κ2) is 6.28. The molecule has 0 N–H and O–H groups in total. The van der Waals surface area contributed by atoms with Crippen molar-refractivity contribution in [2.24, 2.45) is 0 Å². The number of carbonyl (C=O) groups excluding carboxylic acids is 1. The van der Waals surface area contributed by atoms with Crippen LogP contribution in [0.1, 0.15) is 27.7 Å². The molecule has 2 heterocycles. The van der Waals surface area contributed by atoms with Crippen LogP contribution < -0.4 is 0 Å². The molecule has 1 aliphatic heterocycles. The summed E-state index contributed by atoms with van der Waals surface area (Å²) in [5.41, 5.74) is 2.75. The topological polar surface area (TPSA) is 36.4 Å². The molecule has 3 rings (SSSR count). The van der Waals surface area contributed by atoms with Crippen molar-refractivity contribution in [2.45, 2.75) is 13.0 Å². The largest absolute Gasteiger partial charge is 0.334 e. The first-order chi connectivity index (χ1) is 10.7. The van der Waals surface area contributed by atoms with Gasteiger partial charge < -0.3 is 4.90 Å². The third-order valence-corrected chi connectivity index (χ3v) is 4.33. The SMILES string of the molecule is Cc1cccnc1C(=O)N1CCN(C)C(c2ccccc2)C1. The lowest BCUT2D eigenvalue weighted by atomic mass is 10.0. The summed E-state index contributed by atoms with van der Waals surface area (Å²) in [6.45, 7) is 4.26. The van der Waals surface area contributed by atoms with Gasteiger partial charge in [0, 0.05) is 25.8 Å². The minimum absolute atomic E-state index is 0.0344. The Kier molecular flexibility index (Phi) is 4.20. The van der Waals surface area contributed by atoms with E-state index >= 15 is 0 Å². The second-order valence-electron chi connectivity index (χ2n) is 5.83. The first-order valence-corrected chi connectivity index (χ1v) is 7.63. The summed E-state index contributed by atoms with van der Waals surface area (Å²) in [7, 11) is 2.12. The molecular weight excluding hydrogens is 274 g/mol. The van der Waals surface area contributed by atoms with Gasteiger partial charge in [0.05, 0.1) is 6.04 Å². The van der Waals surface area contributed by atoms with E-state index in [1.54, 1.807) is 6.20 Å². The Hall–Kier alpha value is -2.20. The second-order valence-corrected chi connectivity index (χ2v) is 5.83. The van der Waals surface area contributed by atoms with Crippen LogP contribution in [0.15, 0.2) is 48.7 Å². The number of benzene rings is 1. The third kappa shape index (κ3) is 2.88. The maximum absolute atomic E-state index is 12.7. The molecule has 1 aliphatic rings. The van der Waals surface area contributed by atoms with Crippen molar-refractivity contribution in [1.29, 1.82) is 0 Å². The molecule has 1 saturated heterocycles. The molecule has 0 saturated carbocycles. The first-order valence-electron chi connectivity index (χ1n) is 7.63. The van der Waals surface area contributed by atoms with Gasteiger partial charge in [0.15, 0.2) is 0 Å². The van der Waals surface area contributed by atoms with Crippen molar-refractivity contribution in [1.82, 2.24) is 14.8 Å². The van der Waals surface area contributed by atoms with Crippen molar-refractivity contribution in [3.8, 4) is 0 Å². The Balaban J connectivity index is 1.81. The van der Waals surface area contributed by atoms with E-state index in [9.17, 15) is 4.79 Å². The fourth-order valence-corrected chi connectivity index (χ4v) is 2.95. The van der Waals surface area contributed by atoms with Crippen LogP contribution >= 0.6 is 0 Å². The van der Waals surface area contributed by atoms with Gasteiger partial charge in [-0.25, -0.2) is 0 Å². The van der Waals surface area contributed by atoms with E-state index in [0.717, 1.165) is 18.7 Å². The highest BCUT2D eigenvalue weighted by atomic mass is 16.2. The molecule has 2 aromatic rings. The zero-order valence-electron chi connectivity index (χ0n) is 13.1. The van der Waals surface area contributed by atoms with E-state index in [4.69, 9.17) is 0 Å². The number of amides is 1. The normalized spacial score (nSPS) is 19.2. The summed E-state index contributed by atoms with van der Waals surface area (Å²) < 4.78 is 0. The van der Waals surface area contributed by atoms with Crippen LogP contribution in [0.2, 0.25) is 0 Å². The molecule has 1 amide bonds. The minimum atomic E-state index is 0.0344. The molecular formula is C18H21N3O. The third-order valence-electron chi connectivity index (χ3n) is 4.33. The van der Waals surface area contributed by atoms with Crippen LogP contribution in [0.5, 0.6) is 0 Å². The Morgan fingerprint density at radius 3 is 2.64 bits per heavy atom. The van der Waals surface area contributed by atoms with E-state index < -0.39 is 0 Å². The zero-order valence-corrected chi connectivity index (χ0v) is 13.1. The van der Waals surface area contributed by atoms with E-state index in [2.05, 4.69) is 29.1 Å². The number of nitrogens with zero attached hydrogens (tertiary/aromatic N) is 3. The van der Waals surface area contributed by atoms with Crippen molar-refractivity contribution in [3.05, 3.63) is 65.5 Å². The van der Waals surface area contributed by atoms with Crippen molar-refractivity contribution < 1.29 is 4.79 Å². The maximum atomic E-state index is 12.7. The fraction of sp³-hybridized carbons (Fsp3) is 0.333. The van der Waals surface area contributed by atoms with Gasteiger partial charge in [-0.1, -0.05) is 36.4 Å². The molecule has 114 valence electrons. The van der Waals surface area contributed by atoms with Gasteiger partial charge in [-0.15, -0.1) is 0 Å². The summed E-state index contributed by atoms with van der Waals surface area (Å²) in [6, 6.07) is 14.4. The monoisotopic (exact) mass is 295 g/mol. The summed E-state index contributed by atoms with van der Waals surface area (Å²) in [6.07, 6.45) is 1.69. The van der Waals surface area contributed by atoms with Gasteiger partial charge in [0.25, 0.3) is 5.91 Å². The van der Waals surface area contributed by atoms with E-state index in [-0.39, 0.29) is 11.9 Å². The van der Waals surface area contributed by atoms with Crippen LogP contribution in [0.25, 0.3) is 0 Å². The van der Waals surface area contributed by atoms with Crippen LogP contribution in [0.3, 0.4) is 0 Å². The van der Waals surface area contributed by atoms with Gasteiger partial charge in [-0.05, 0) is 31.2 Å². The maximum Gasteiger partial charge on any atom is 0.272 e. The summed E-state index contributed by atoms with van der Waals surface area (Å²) >= 11 is 0. The summed E-state index contributed by atoms with van der Waals surface area (Å²) in [4.78, 5) is 21.2. The zero-order chi connectivity index (χ0) is 15.5. The summed E-state index contributed by atoms with van der Waals surface area (Å²) in [5.74, 6) is 0.0344. The molecule has 22 heavy (non-hydrogen) atoms. The van der Waals surface area contributed by atoms with Crippen LogP contribution in [0.4, 0.5) is 0 Å². The number of hydrogen-bond donors (Lipinski definition) is 0. The number of carbonyl (C=O) groups is 1. The molecule has 0 bridgehead atoms. The van der Waals surface area contributed by atoms with Gasteiger partial charge in [0.2, 0.25) is 0 Å². The Bertz CT molecular complexity index is 656. The molecule has 0 aliphatic carbocycles. The molecule has 0 spiro atoms. The molecule has 0 radical (unpaired) electrons. The smallest absolute Gasteiger partial charge is 0.272 e. The van der Waals surface area contributed by atoms with Crippen LogP contribution in [0, 0.1) is 6.92 Å². The number of rotatable bonds is 2. The van der Waals surface area contributed by atoms with E-state index in [1.165, 1.54) is 5.56 Å². The Morgan fingerprint density at radius 2 is 1.91 bits per heavy atom. The van der Waals surface area contributed by atoms with Crippen molar-refractivity contribution in [3.63, 3.8) is 0 Å². The quantitative estimate of drug-likeness (QED) is 0.854. The molecule has 4 nitrogen and oxygen atoms in total. The molecule has 1 atom stereocenters. The summed E-state index contributed by atoms with van der Waals surface area (Å²) in [5, 5.41) is 0. The average Bonchev–Trinajstić information content (AvgIpc) is 2.56. The minimum Gasteiger partial charge on any atom is -0.334 e. The molecule has 1 unspecified atom stereocenters. The highest BCUT2D eigenvalue weighted by molar-refractivity contribution is 5.93. The fourth-order valence-electron chi connectivity index (χ4n) is 2.95. The predicted octanol–water partition coefficient (Wildman–Crippen LogP) is 2.52.